The van der Waals surface area contributed by atoms with E-state index in [0.717, 1.165) is 5.56 Å². The van der Waals surface area contributed by atoms with E-state index in [2.05, 4.69) is 0 Å². The van der Waals surface area contributed by atoms with Gasteiger partial charge in [-0.25, -0.2) is 0 Å². The highest BCUT2D eigenvalue weighted by Crippen LogP contribution is 2.04. The van der Waals surface area contributed by atoms with Gasteiger partial charge in [-0.3, -0.25) is 4.79 Å². The van der Waals surface area contributed by atoms with Crippen molar-refractivity contribution < 1.29 is 24.9 Å². The molecule has 0 fully saturated rings. The van der Waals surface area contributed by atoms with Crippen molar-refractivity contribution in [3.8, 4) is 0 Å². The molecule has 0 saturated heterocycles. The Bertz CT molecular complexity index is 370. The number of hydrogen-bond acceptors (Lipinski definition) is 5. The lowest BCUT2D eigenvalue weighted by Gasteiger charge is -2.20. The fraction of sp³-hybridized carbons (Fsp3) is 0.417. The average molecular weight is 255 g/mol. The Labute approximate surface area is 105 Å². The molecule has 5 N–H and O–H groups in total. The maximum absolute atomic E-state index is 10.5. The minimum absolute atomic E-state index is 0.183. The summed E-state index contributed by atoms with van der Waals surface area (Å²) in [6, 6.07) is 7.75. The first-order chi connectivity index (χ1) is 8.52. The first-order valence-corrected chi connectivity index (χ1v) is 5.48. The maximum atomic E-state index is 10.5. The van der Waals surface area contributed by atoms with Gasteiger partial charge in [-0.2, -0.15) is 0 Å². The third-order valence-electron chi connectivity index (χ3n) is 2.45. The summed E-state index contributed by atoms with van der Waals surface area (Å²) in [6.07, 6.45) is -2.89. The summed E-state index contributed by atoms with van der Waals surface area (Å²) in [4.78, 5) is 10.5. The van der Waals surface area contributed by atoms with E-state index in [0.29, 0.717) is 0 Å². The highest BCUT2D eigenvalue weighted by molar-refractivity contribution is 5.73. The second-order valence-electron chi connectivity index (χ2n) is 3.92. The van der Waals surface area contributed by atoms with E-state index in [1.54, 1.807) is 0 Å². The molecule has 0 amide bonds. The molecule has 100 valence electrons. The van der Waals surface area contributed by atoms with Gasteiger partial charge in [-0.1, -0.05) is 30.3 Å². The minimum Gasteiger partial charge on any atom is -0.480 e. The Balaban J connectivity index is 2.33. The summed E-state index contributed by atoms with van der Waals surface area (Å²) >= 11 is 0. The van der Waals surface area contributed by atoms with E-state index >= 15 is 0 Å². The quantitative estimate of drug-likeness (QED) is 0.514. The van der Waals surface area contributed by atoms with Crippen LogP contribution in [-0.4, -0.2) is 46.1 Å². The third-order valence-corrected chi connectivity index (χ3v) is 2.45. The number of carboxylic acids is 1. The standard InChI is InChI=1S/C12H17NO5/c13-10(12(16)17)11(15)9(14)7-18-6-8-4-2-1-3-5-8/h1-5,9-11,14-15H,6-7,13H2,(H,16,17)/t9-,10-,11+/m0/s1. The third kappa shape index (κ3) is 4.42. The van der Waals surface area contributed by atoms with Crippen molar-refractivity contribution >= 4 is 5.97 Å². The van der Waals surface area contributed by atoms with E-state index < -0.39 is 24.2 Å². The molecule has 0 aliphatic carbocycles. The summed E-state index contributed by atoms with van der Waals surface area (Å²) < 4.78 is 5.17. The molecule has 0 radical (unpaired) electrons. The van der Waals surface area contributed by atoms with Crippen LogP contribution in [0.25, 0.3) is 0 Å². The van der Waals surface area contributed by atoms with Gasteiger partial charge in [-0.05, 0) is 5.56 Å². The number of rotatable bonds is 7. The summed E-state index contributed by atoms with van der Waals surface area (Å²) in [6.45, 7) is 0.0873. The van der Waals surface area contributed by atoms with Gasteiger partial charge in [0, 0.05) is 0 Å². The van der Waals surface area contributed by atoms with E-state index in [-0.39, 0.29) is 13.2 Å². The van der Waals surface area contributed by atoms with E-state index in [1.807, 2.05) is 30.3 Å². The molecule has 0 unspecified atom stereocenters. The zero-order valence-corrected chi connectivity index (χ0v) is 9.77. The molecule has 0 saturated carbocycles. The number of carbonyl (C=O) groups is 1. The summed E-state index contributed by atoms with van der Waals surface area (Å²) in [5, 5.41) is 27.5. The molecule has 18 heavy (non-hydrogen) atoms. The summed E-state index contributed by atoms with van der Waals surface area (Å²) in [7, 11) is 0. The number of aliphatic hydroxyl groups is 2. The molecule has 1 aromatic rings. The molecule has 1 rings (SSSR count). The normalized spacial score (nSPS) is 15.9. The van der Waals surface area contributed by atoms with Crippen LogP contribution in [0.1, 0.15) is 5.56 Å². The zero-order valence-electron chi connectivity index (χ0n) is 9.77. The first-order valence-electron chi connectivity index (χ1n) is 5.48. The Morgan fingerprint density at radius 1 is 1.28 bits per heavy atom. The Hall–Kier alpha value is -1.47. The van der Waals surface area contributed by atoms with Crippen molar-refractivity contribution in [2.24, 2.45) is 5.73 Å². The van der Waals surface area contributed by atoms with Crippen molar-refractivity contribution in [1.29, 1.82) is 0 Å². The molecule has 0 aromatic heterocycles. The molecular formula is C12H17NO5. The summed E-state index contributed by atoms with van der Waals surface area (Å²) in [5.41, 5.74) is 6.10. The van der Waals surface area contributed by atoms with E-state index in [4.69, 9.17) is 15.6 Å². The lowest BCUT2D eigenvalue weighted by molar-refractivity contribution is -0.144. The van der Waals surface area contributed by atoms with Gasteiger partial charge in [0.05, 0.1) is 13.2 Å². The number of ether oxygens (including phenoxy) is 1. The van der Waals surface area contributed by atoms with E-state index in [9.17, 15) is 15.0 Å². The van der Waals surface area contributed by atoms with Crippen LogP contribution in [0.4, 0.5) is 0 Å². The highest BCUT2D eigenvalue weighted by Gasteiger charge is 2.28. The van der Waals surface area contributed by atoms with Crippen LogP contribution in [0.3, 0.4) is 0 Å². The minimum atomic E-state index is -1.56. The van der Waals surface area contributed by atoms with Gasteiger partial charge in [-0.15, -0.1) is 0 Å². The lowest BCUT2D eigenvalue weighted by atomic mass is 10.1. The highest BCUT2D eigenvalue weighted by atomic mass is 16.5. The summed E-state index contributed by atoms with van der Waals surface area (Å²) in [5.74, 6) is -1.37. The van der Waals surface area contributed by atoms with Gasteiger partial charge in [0.15, 0.2) is 0 Å². The Kier molecular flexibility index (Phi) is 5.73. The Morgan fingerprint density at radius 3 is 2.44 bits per heavy atom. The fourth-order valence-corrected chi connectivity index (χ4v) is 1.36. The van der Waals surface area contributed by atoms with Gasteiger partial charge < -0.3 is 25.8 Å². The van der Waals surface area contributed by atoms with E-state index in [1.165, 1.54) is 0 Å². The number of hydrogen-bond donors (Lipinski definition) is 4. The lowest BCUT2D eigenvalue weighted by Crippen LogP contribution is -2.49. The largest absolute Gasteiger partial charge is 0.480 e. The van der Waals surface area contributed by atoms with Crippen LogP contribution in [0, 0.1) is 0 Å². The van der Waals surface area contributed by atoms with Crippen molar-refractivity contribution in [3.05, 3.63) is 35.9 Å². The topological polar surface area (TPSA) is 113 Å². The molecule has 3 atom stereocenters. The smallest absolute Gasteiger partial charge is 0.323 e. The number of aliphatic hydroxyl groups excluding tert-OH is 2. The number of nitrogens with two attached hydrogens (primary N) is 1. The number of carboxylic acid groups (broad SMARTS) is 1. The van der Waals surface area contributed by atoms with Gasteiger partial charge in [0.2, 0.25) is 0 Å². The second-order valence-corrected chi connectivity index (χ2v) is 3.92. The van der Waals surface area contributed by atoms with Crippen LogP contribution < -0.4 is 5.73 Å². The van der Waals surface area contributed by atoms with Gasteiger partial charge in [0.1, 0.15) is 18.2 Å². The van der Waals surface area contributed by atoms with Gasteiger partial charge in [0.25, 0.3) is 0 Å². The first kappa shape index (κ1) is 14.6. The maximum Gasteiger partial charge on any atom is 0.323 e. The van der Waals surface area contributed by atoms with Crippen LogP contribution >= 0.6 is 0 Å². The monoisotopic (exact) mass is 255 g/mol. The number of aliphatic carboxylic acids is 1. The average Bonchev–Trinajstić information content (AvgIpc) is 2.38. The molecule has 0 aliphatic rings. The van der Waals surface area contributed by atoms with Crippen LogP contribution in [-0.2, 0) is 16.1 Å². The SMILES string of the molecule is N[C@H](C(=O)O)[C@H](O)[C@@H](O)COCc1ccccc1. The molecule has 0 bridgehead atoms. The zero-order chi connectivity index (χ0) is 13.5. The molecule has 1 aromatic carbocycles. The van der Waals surface area contributed by atoms with Crippen LogP contribution in [0.15, 0.2) is 30.3 Å². The van der Waals surface area contributed by atoms with Crippen LogP contribution in [0.5, 0.6) is 0 Å². The molecule has 6 nitrogen and oxygen atoms in total. The van der Waals surface area contributed by atoms with Crippen molar-refractivity contribution in [2.45, 2.75) is 24.9 Å². The molecule has 6 heteroatoms. The second kappa shape index (κ2) is 7.07. The molecule has 0 aliphatic heterocycles. The number of benzene rings is 1. The van der Waals surface area contributed by atoms with Crippen molar-refractivity contribution in [1.82, 2.24) is 0 Å². The molecule has 0 spiro atoms. The predicted octanol–water partition coefficient (Wildman–Crippen LogP) is -0.663. The van der Waals surface area contributed by atoms with Crippen molar-refractivity contribution in [3.63, 3.8) is 0 Å². The predicted molar refractivity (Wildman–Crippen MR) is 63.7 cm³/mol. The molecular weight excluding hydrogens is 238 g/mol. The molecule has 0 heterocycles. The van der Waals surface area contributed by atoms with Gasteiger partial charge >= 0.3 is 5.97 Å². The fourth-order valence-electron chi connectivity index (χ4n) is 1.36. The Morgan fingerprint density at radius 2 is 1.89 bits per heavy atom. The van der Waals surface area contributed by atoms with Crippen molar-refractivity contribution in [2.75, 3.05) is 6.61 Å². The van der Waals surface area contributed by atoms with Crippen LogP contribution in [0.2, 0.25) is 0 Å².